The van der Waals surface area contributed by atoms with Gasteiger partial charge < -0.3 is 14.5 Å². The van der Waals surface area contributed by atoms with Crippen molar-refractivity contribution in [2.45, 2.75) is 108 Å². The van der Waals surface area contributed by atoms with Gasteiger partial charge in [-0.1, -0.05) is 104 Å². The lowest BCUT2D eigenvalue weighted by Crippen LogP contribution is -2.36. The second kappa shape index (κ2) is 23.9. The lowest BCUT2D eigenvalue weighted by atomic mass is 10.0. The smallest absolute Gasteiger partial charge is 0.330 e. The van der Waals surface area contributed by atoms with Crippen molar-refractivity contribution in [3.05, 3.63) is 77.4 Å². The third-order valence-electron chi connectivity index (χ3n) is 7.92. The Morgan fingerprint density at radius 3 is 1.61 bits per heavy atom. The maximum Gasteiger partial charge on any atom is 0.335 e. The first-order valence-corrected chi connectivity index (χ1v) is 18.9. The average Bonchev–Trinajstić information content (AvgIpc) is 3.67. The summed E-state index contributed by atoms with van der Waals surface area (Å²) in [5.41, 5.74) is 3.89. The van der Waals surface area contributed by atoms with E-state index in [-0.39, 0.29) is 60.3 Å². The van der Waals surface area contributed by atoms with Crippen LogP contribution in [-0.4, -0.2) is 63.6 Å². The number of hydrogen-bond acceptors (Lipinski definition) is 9. The molecule has 2 aromatic rings. The van der Waals surface area contributed by atoms with Crippen LogP contribution in [0, 0.1) is 35.5 Å². The number of fused-ring (bicyclic) bond motifs is 2. The highest BCUT2D eigenvalue weighted by Gasteiger charge is 2.33. The van der Waals surface area contributed by atoms with Gasteiger partial charge in [0.15, 0.2) is 0 Å². The fourth-order valence-electron chi connectivity index (χ4n) is 4.68. The van der Waals surface area contributed by atoms with Crippen LogP contribution in [0.25, 0.3) is 0 Å². The summed E-state index contributed by atoms with van der Waals surface area (Å²) in [6, 6.07) is 15.8. The maximum absolute atomic E-state index is 12.6. The highest BCUT2D eigenvalue weighted by atomic mass is 16.7. The Morgan fingerprint density at radius 1 is 0.714 bits per heavy atom. The predicted molar refractivity (Wildman–Crippen MR) is 214 cm³/mol. The van der Waals surface area contributed by atoms with Gasteiger partial charge in [-0.2, -0.15) is 0 Å². The number of Topliss-reactive ketones (excluding diaryl/α,β-unsaturated/α-hetero) is 1. The largest absolute Gasteiger partial charge is 0.335 e. The van der Waals surface area contributed by atoms with Gasteiger partial charge in [-0.3, -0.25) is 33.7 Å². The van der Waals surface area contributed by atoms with Gasteiger partial charge in [0.25, 0.3) is 23.6 Å². The Morgan fingerprint density at radius 2 is 1.20 bits per heavy atom. The molecule has 0 aromatic heterocycles. The van der Waals surface area contributed by atoms with Crippen molar-refractivity contribution >= 4 is 53.3 Å². The standard InChI is InChI=1S/C19H17NO.C8H11NO4.C7H9NO2.C6H12O.C4H8O/c1-14(2)19(21)20-13-17-9-4-3-7-15(17)11-12-16-8-5-6-10-18(16)20;1-5(2)8(12)13-9-6(10)3-4-7(9)11;1-5(2)8-6(9)3-4-7(8)10;1-4-6(7)5(2)3;1-4(2)3-5/h3-10,14H,13H2,1-2H3;5H,3-4H2,1-2H3;3-5H,1-2H3;5H,4H2,1-3H3;3-4H,1-2H3. The SMILES string of the molecule is CC(C)C(=O)N1Cc2ccccc2C#Cc2ccccc21.CC(C)C(=O)ON1C(=O)CCC1=O.CC(C)C=O.CC(C)N1C(=O)C=CC1=O.CCC(=O)C(C)C. The second-order valence-electron chi connectivity index (χ2n) is 14.5. The van der Waals surface area contributed by atoms with Crippen LogP contribution in [0.5, 0.6) is 0 Å². The molecule has 0 bridgehead atoms. The van der Waals surface area contributed by atoms with Crippen LogP contribution in [0.4, 0.5) is 5.69 Å². The first-order valence-electron chi connectivity index (χ1n) is 18.9. The highest BCUT2D eigenvalue weighted by molar-refractivity contribution is 6.13. The molecule has 1 saturated heterocycles. The summed E-state index contributed by atoms with van der Waals surface area (Å²) in [5, 5.41) is 0.558. The number of benzene rings is 2. The first-order chi connectivity index (χ1) is 26.3. The Hall–Kier alpha value is -5.70. The van der Waals surface area contributed by atoms with Gasteiger partial charge in [-0.05, 0) is 37.6 Å². The molecule has 5 amide bonds. The number of rotatable bonds is 7. The quantitative estimate of drug-likeness (QED) is 0.172. The highest BCUT2D eigenvalue weighted by Crippen LogP contribution is 2.26. The van der Waals surface area contributed by atoms with Crippen molar-refractivity contribution in [2.24, 2.45) is 23.7 Å². The van der Waals surface area contributed by atoms with Gasteiger partial charge in [0.1, 0.15) is 12.1 Å². The Balaban J connectivity index is 0.000000386. The summed E-state index contributed by atoms with van der Waals surface area (Å²) >= 11 is 0. The molecule has 5 rings (SSSR count). The van der Waals surface area contributed by atoms with E-state index in [1.54, 1.807) is 13.8 Å². The minimum atomic E-state index is -0.566. The zero-order valence-electron chi connectivity index (χ0n) is 34.6. The minimum absolute atomic E-state index is 0.0324. The molecule has 1 fully saturated rings. The normalized spacial score (nSPS) is 13.8. The molecule has 12 heteroatoms. The molecule has 12 nitrogen and oxygen atoms in total. The van der Waals surface area contributed by atoms with E-state index in [0.29, 0.717) is 23.8 Å². The van der Waals surface area contributed by atoms with Crippen LogP contribution < -0.4 is 4.90 Å². The third kappa shape index (κ3) is 15.6. The maximum atomic E-state index is 12.6. The number of ketones is 1. The van der Waals surface area contributed by atoms with Crippen molar-refractivity contribution in [3.63, 3.8) is 0 Å². The Bertz CT molecular complexity index is 1780. The minimum Gasteiger partial charge on any atom is -0.330 e. The molecule has 0 radical (unpaired) electrons. The Kier molecular flexibility index (Phi) is 20.7. The lowest BCUT2D eigenvalue weighted by Gasteiger charge is -2.27. The van der Waals surface area contributed by atoms with E-state index in [2.05, 4.69) is 16.7 Å². The molecule has 2 aromatic carbocycles. The van der Waals surface area contributed by atoms with E-state index in [4.69, 9.17) is 0 Å². The molecule has 0 N–H and O–H groups in total. The molecule has 0 aliphatic carbocycles. The van der Waals surface area contributed by atoms with Gasteiger partial charge in [-0.15, -0.1) is 5.06 Å². The van der Waals surface area contributed by atoms with Gasteiger partial charge in [0.05, 0.1) is 18.2 Å². The van der Waals surface area contributed by atoms with E-state index < -0.39 is 17.8 Å². The number of para-hydroxylation sites is 1. The summed E-state index contributed by atoms with van der Waals surface area (Å²) in [5.74, 6) is 5.06. The van der Waals surface area contributed by atoms with Crippen LogP contribution in [0.3, 0.4) is 0 Å². The topological polar surface area (TPSA) is 156 Å². The van der Waals surface area contributed by atoms with E-state index in [1.807, 2.05) is 116 Å². The number of nitrogens with zero attached hydrogens (tertiary/aromatic N) is 3. The molecule has 3 heterocycles. The van der Waals surface area contributed by atoms with Gasteiger partial charge in [0, 0.05) is 66.3 Å². The van der Waals surface area contributed by atoms with Gasteiger partial charge in [-0.25, -0.2) is 4.79 Å². The first kappa shape index (κ1) is 48.3. The van der Waals surface area contributed by atoms with Crippen molar-refractivity contribution in [1.29, 1.82) is 0 Å². The van der Waals surface area contributed by atoms with Crippen LogP contribution in [-0.2, 0) is 49.7 Å². The number of imide groups is 2. The van der Waals surface area contributed by atoms with Crippen LogP contribution in [0.1, 0.15) is 112 Å². The van der Waals surface area contributed by atoms with Crippen LogP contribution >= 0.6 is 0 Å². The number of amides is 5. The van der Waals surface area contributed by atoms with Crippen LogP contribution in [0.15, 0.2) is 60.7 Å². The molecule has 0 saturated carbocycles. The molecule has 302 valence electrons. The number of anilines is 1. The van der Waals surface area contributed by atoms with E-state index in [1.165, 1.54) is 17.1 Å². The monoisotopic (exact) mass is 771 g/mol. The van der Waals surface area contributed by atoms with Crippen molar-refractivity contribution in [2.75, 3.05) is 4.90 Å². The van der Waals surface area contributed by atoms with E-state index in [9.17, 15) is 38.4 Å². The zero-order chi connectivity index (χ0) is 42.7. The summed E-state index contributed by atoms with van der Waals surface area (Å²) in [6.45, 7) is 20.8. The number of hydroxylamine groups is 2. The molecular weight excluding hydrogens is 714 g/mol. The van der Waals surface area contributed by atoms with E-state index >= 15 is 0 Å². The molecule has 56 heavy (non-hydrogen) atoms. The molecule has 3 aliphatic heterocycles. The number of aldehydes is 1. The summed E-state index contributed by atoms with van der Waals surface area (Å²) < 4.78 is 0. The van der Waals surface area contributed by atoms with Crippen LogP contribution in [0.2, 0.25) is 0 Å². The predicted octanol–water partition coefficient (Wildman–Crippen LogP) is 6.62. The fourth-order valence-corrected chi connectivity index (χ4v) is 4.68. The summed E-state index contributed by atoms with van der Waals surface area (Å²) in [6.07, 6.45) is 4.44. The summed E-state index contributed by atoms with van der Waals surface area (Å²) in [7, 11) is 0. The van der Waals surface area contributed by atoms with E-state index in [0.717, 1.165) is 28.7 Å². The fraction of sp³-hybridized carbons (Fsp3) is 0.455. The molecule has 3 aliphatic rings. The average molecular weight is 772 g/mol. The van der Waals surface area contributed by atoms with Gasteiger partial charge in [0.2, 0.25) is 5.91 Å². The molecule has 0 atom stereocenters. The zero-order valence-corrected chi connectivity index (χ0v) is 34.6. The number of carbonyl (C=O) groups is 8. The number of carbonyl (C=O) groups excluding carboxylic acids is 8. The third-order valence-corrected chi connectivity index (χ3v) is 7.92. The Labute approximate surface area is 331 Å². The van der Waals surface area contributed by atoms with Gasteiger partial charge >= 0.3 is 5.97 Å². The van der Waals surface area contributed by atoms with Crippen molar-refractivity contribution < 1.29 is 43.2 Å². The molecule has 0 unspecified atom stereocenters. The summed E-state index contributed by atoms with van der Waals surface area (Å²) in [4.78, 5) is 94.9. The van der Waals surface area contributed by atoms with Crippen molar-refractivity contribution in [1.82, 2.24) is 9.96 Å². The molecular formula is C44H57N3O9. The number of hydrogen-bond donors (Lipinski definition) is 0. The van der Waals surface area contributed by atoms with Crippen molar-refractivity contribution in [3.8, 4) is 11.8 Å². The lowest BCUT2D eigenvalue weighted by molar-refractivity contribution is -0.199. The second-order valence-corrected chi connectivity index (χ2v) is 14.5. The molecule has 0 spiro atoms.